The molecular weight excluding hydrogens is 510 g/mol. The average molecular weight is 562 g/mol. The minimum atomic E-state index is -0.330. The van der Waals surface area contributed by atoms with E-state index in [9.17, 15) is 4.79 Å². The van der Waals surface area contributed by atoms with Gasteiger partial charge in [-0.2, -0.15) is 0 Å². The van der Waals surface area contributed by atoms with Crippen LogP contribution in [0.15, 0.2) is 35.9 Å². The Kier molecular flexibility index (Phi) is 6.90. The zero-order valence-electron chi connectivity index (χ0n) is 25.9. The van der Waals surface area contributed by atoms with Crippen LogP contribution in [0.3, 0.4) is 0 Å². The first-order chi connectivity index (χ1) is 19.6. The number of fused-ring (bicyclic) bond motifs is 7. The molecule has 0 aromatic heterocycles. The van der Waals surface area contributed by atoms with Crippen LogP contribution in [0.1, 0.15) is 96.6 Å². The summed E-state index contributed by atoms with van der Waals surface area (Å²) in [5, 5.41) is 2.97. The number of amides is 1. The van der Waals surface area contributed by atoms with Crippen molar-refractivity contribution in [3.05, 3.63) is 47.0 Å². The summed E-state index contributed by atoms with van der Waals surface area (Å²) in [7, 11) is 0. The number of allylic oxidation sites excluding steroid dienone is 1. The van der Waals surface area contributed by atoms with Gasteiger partial charge in [0.15, 0.2) is 5.79 Å². The summed E-state index contributed by atoms with van der Waals surface area (Å²) in [5.74, 6) is 3.60. The predicted molar refractivity (Wildman–Crippen MR) is 160 cm³/mol. The first-order valence-corrected chi connectivity index (χ1v) is 16.6. The number of hydrogen-bond acceptors (Lipinski definition) is 4. The predicted octanol–water partition coefficient (Wildman–Crippen LogP) is 7.96. The second-order valence-electron chi connectivity index (χ2n) is 15.4. The first kappa shape index (κ1) is 28.0. The van der Waals surface area contributed by atoms with Gasteiger partial charge in [-0.15, -0.1) is 0 Å². The molecule has 7 rings (SSSR count). The minimum absolute atomic E-state index is 0.0211. The quantitative estimate of drug-likeness (QED) is 0.381. The maximum absolute atomic E-state index is 12.7. The van der Waals surface area contributed by atoms with Gasteiger partial charge in [0.1, 0.15) is 6.10 Å². The van der Waals surface area contributed by atoms with Gasteiger partial charge in [-0.25, -0.2) is 4.79 Å². The van der Waals surface area contributed by atoms with E-state index in [1.165, 1.54) is 37.7 Å². The number of benzene rings is 1. The van der Waals surface area contributed by atoms with Crippen molar-refractivity contribution in [2.45, 2.75) is 117 Å². The van der Waals surface area contributed by atoms with E-state index < -0.39 is 0 Å². The van der Waals surface area contributed by atoms with E-state index in [-0.39, 0.29) is 23.4 Å². The molecule has 0 bridgehead atoms. The third-order valence-electron chi connectivity index (χ3n) is 13.2. The van der Waals surface area contributed by atoms with Gasteiger partial charge in [0.25, 0.3) is 0 Å². The molecule has 224 valence electrons. The molecule has 5 nitrogen and oxygen atoms in total. The normalized spacial score (nSPS) is 46.6. The number of carbonyl (C=O) groups excluding carboxylic acids is 1. The summed E-state index contributed by atoms with van der Waals surface area (Å²) in [6, 6.07) is 8.28. The zero-order chi connectivity index (χ0) is 28.6. The monoisotopic (exact) mass is 561 g/mol. The largest absolute Gasteiger partial charge is 0.446 e. The number of nitrogens with one attached hydrogen (secondary N) is 1. The Hall–Kier alpha value is -1.85. The highest BCUT2D eigenvalue weighted by Crippen LogP contribution is 2.70. The molecule has 0 radical (unpaired) electrons. The van der Waals surface area contributed by atoms with E-state index in [1.807, 2.05) is 0 Å². The summed E-state index contributed by atoms with van der Waals surface area (Å²) in [4.78, 5) is 12.7. The van der Waals surface area contributed by atoms with Crippen molar-refractivity contribution in [3.63, 3.8) is 0 Å². The molecule has 2 aliphatic heterocycles. The Morgan fingerprint density at radius 2 is 1.85 bits per heavy atom. The van der Waals surface area contributed by atoms with Crippen molar-refractivity contribution in [3.8, 4) is 0 Å². The number of hydrogen-bond donors (Lipinski definition) is 1. The van der Waals surface area contributed by atoms with Crippen molar-refractivity contribution < 1.29 is 19.0 Å². The van der Waals surface area contributed by atoms with E-state index >= 15 is 0 Å². The molecule has 1 aromatic rings. The second kappa shape index (κ2) is 10.1. The SMILES string of the molecule is Cc1ccc(CNC(=O)O[C@H]2CC[C@@]3(C)C(=CC[C@H]4[C@@H]5C[C@@H]6O[C@]7(CC[C@@H](C)CO7)[C@@H](C)[C@@H]6[C@@]5(C)CC[C@@H]43)C2)cc1. The summed E-state index contributed by atoms with van der Waals surface area (Å²) in [6.45, 7) is 13.3. The van der Waals surface area contributed by atoms with Gasteiger partial charge in [-0.1, -0.05) is 69.2 Å². The molecule has 5 fully saturated rings. The molecule has 1 aromatic carbocycles. The molecule has 1 N–H and O–H groups in total. The van der Waals surface area contributed by atoms with Gasteiger partial charge in [-0.05, 0) is 97.9 Å². The smallest absolute Gasteiger partial charge is 0.407 e. The Morgan fingerprint density at radius 3 is 2.61 bits per heavy atom. The van der Waals surface area contributed by atoms with Gasteiger partial charge in [0, 0.05) is 25.3 Å². The Morgan fingerprint density at radius 1 is 1.05 bits per heavy atom. The van der Waals surface area contributed by atoms with Crippen molar-refractivity contribution in [1.29, 1.82) is 0 Å². The molecule has 1 amide bonds. The summed E-state index contributed by atoms with van der Waals surface area (Å²) < 4.78 is 19.4. The topological polar surface area (TPSA) is 56.8 Å². The molecule has 41 heavy (non-hydrogen) atoms. The van der Waals surface area contributed by atoms with Crippen LogP contribution >= 0.6 is 0 Å². The molecule has 0 unspecified atom stereocenters. The minimum Gasteiger partial charge on any atom is -0.446 e. The van der Waals surface area contributed by atoms with E-state index in [2.05, 4.69) is 70.3 Å². The van der Waals surface area contributed by atoms with Gasteiger partial charge in [-0.3, -0.25) is 0 Å². The van der Waals surface area contributed by atoms with Crippen LogP contribution < -0.4 is 5.32 Å². The third kappa shape index (κ3) is 4.51. The van der Waals surface area contributed by atoms with Crippen LogP contribution in [0.25, 0.3) is 0 Å². The van der Waals surface area contributed by atoms with Gasteiger partial charge in [0.05, 0.1) is 12.7 Å². The maximum atomic E-state index is 12.7. The standard InChI is InChI=1S/C36H51NO4/c1-22-6-8-25(9-7-22)20-37-33(38)40-27-13-15-34(4)26(18-27)10-11-28-29(34)14-16-35(5)30(28)19-31-32(35)24(3)36(41-31)17-12-23(2)21-39-36/h6-10,23-24,27-32H,11-21H2,1-5H3,(H,37,38)/t23-,24+,27+,28-,29+,30+,31+,32+,34+,35+,36-/m1/s1. The van der Waals surface area contributed by atoms with Crippen LogP contribution in [0.5, 0.6) is 0 Å². The fourth-order valence-electron chi connectivity index (χ4n) is 10.8. The Labute approximate surface area is 247 Å². The summed E-state index contributed by atoms with van der Waals surface area (Å²) in [6.07, 6.45) is 12.9. The summed E-state index contributed by atoms with van der Waals surface area (Å²) >= 11 is 0. The number of aryl methyl sites for hydroxylation is 1. The fourth-order valence-corrected chi connectivity index (χ4v) is 10.8. The molecule has 11 atom stereocenters. The highest BCUT2D eigenvalue weighted by atomic mass is 16.7. The van der Waals surface area contributed by atoms with E-state index in [0.29, 0.717) is 35.8 Å². The van der Waals surface area contributed by atoms with Crippen LogP contribution in [0, 0.1) is 53.3 Å². The number of alkyl carbamates (subject to hydrolysis) is 1. The molecule has 2 heterocycles. The van der Waals surface area contributed by atoms with Crippen LogP contribution in [0.4, 0.5) is 4.79 Å². The lowest BCUT2D eigenvalue weighted by atomic mass is 9.47. The fraction of sp³-hybridized carbons (Fsp3) is 0.750. The molecule has 4 aliphatic carbocycles. The Balaban J connectivity index is 1.01. The number of carbonyl (C=O) groups is 1. The van der Waals surface area contributed by atoms with Crippen LogP contribution in [-0.2, 0) is 20.8 Å². The highest BCUT2D eigenvalue weighted by molar-refractivity contribution is 5.67. The molecular formula is C36H51NO4. The maximum Gasteiger partial charge on any atom is 0.407 e. The first-order valence-electron chi connectivity index (χ1n) is 16.6. The molecule has 5 heteroatoms. The molecule has 2 saturated heterocycles. The summed E-state index contributed by atoms with van der Waals surface area (Å²) in [5.41, 5.74) is 4.45. The van der Waals surface area contributed by atoms with Crippen LogP contribution in [-0.4, -0.2) is 30.7 Å². The van der Waals surface area contributed by atoms with E-state index in [0.717, 1.165) is 55.6 Å². The molecule has 6 aliphatic rings. The highest BCUT2D eigenvalue weighted by Gasteiger charge is 2.68. The lowest BCUT2D eigenvalue weighted by molar-refractivity contribution is -0.272. The van der Waals surface area contributed by atoms with Crippen molar-refractivity contribution in [1.82, 2.24) is 5.32 Å². The van der Waals surface area contributed by atoms with Gasteiger partial charge < -0.3 is 19.5 Å². The Bertz CT molecular complexity index is 1180. The molecule has 3 saturated carbocycles. The van der Waals surface area contributed by atoms with Crippen molar-refractivity contribution in [2.24, 2.45) is 46.3 Å². The van der Waals surface area contributed by atoms with Gasteiger partial charge in [0.2, 0.25) is 0 Å². The number of rotatable bonds is 3. The number of ether oxygens (including phenoxy) is 3. The van der Waals surface area contributed by atoms with Crippen molar-refractivity contribution in [2.75, 3.05) is 6.61 Å². The lowest BCUT2D eigenvalue weighted by Crippen LogP contribution is -2.52. The third-order valence-corrected chi connectivity index (χ3v) is 13.2. The van der Waals surface area contributed by atoms with E-state index in [4.69, 9.17) is 14.2 Å². The zero-order valence-corrected chi connectivity index (χ0v) is 25.9. The lowest BCUT2D eigenvalue weighted by Gasteiger charge is -2.58. The van der Waals surface area contributed by atoms with E-state index in [1.54, 1.807) is 5.57 Å². The van der Waals surface area contributed by atoms with Gasteiger partial charge >= 0.3 is 6.09 Å². The second-order valence-corrected chi connectivity index (χ2v) is 15.4. The van der Waals surface area contributed by atoms with Crippen LogP contribution in [0.2, 0.25) is 0 Å². The average Bonchev–Trinajstić information content (AvgIpc) is 3.40. The molecule has 1 spiro atoms. The van der Waals surface area contributed by atoms with Crippen molar-refractivity contribution >= 4 is 6.09 Å².